The smallest absolute Gasteiger partial charge is 0.0222 e. The Kier molecular flexibility index (Phi) is 1.17. The van der Waals surface area contributed by atoms with Crippen LogP contribution in [0.4, 0.5) is 0 Å². The van der Waals surface area contributed by atoms with Gasteiger partial charge in [0, 0.05) is 5.92 Å². The van der Waals surface area contributed by atoms with Gasteiger partial charge in [-0.05, 0) is 41.7 Å². The monoisotopic (exact) mass is 168 g/mol. The Balaban J connectivity index is 2.38. The van der Waals surface area contributed by atoms with Gasteiger partial charge in [-0.2, -0.15) is 0 Å². The SMILES string of the molecule is CC1=CC2C=C(C)c3cccc1c32. The van der Waals surface area contributed by atoms with Crippen LogP contribution in [0.3, 0.4) is 0 Å². The van der Waals surface area contributed by atoms with Crippen molar-refractivity contribution in [2.45, 2.75) is 19.8 Å². The molecule has 0 unspecified atom stereocenters. The molecule has 0 N–H and O–H groups in total. The molecule has 0 heterocycles. The third-order valence-corrected chi connectivity index (χ3v) is 3.15. The number of rotatable bonds is 0. The normalized spacial score (nSPS) is 18.6. The Morgan fingerprint density at radius 3 is 2.00 bits per heavy atom. The van der Waals surface area contributed by atoms with E-state index in [-0.39, 0.29) is 0 Å². The largest absolute Gasteiger partial charge is 0.0696 e. The Hall–Kier alpha value is -1.30. The van der Waals surface area contributed by atoms with Crippen LogP contribution in [0.5, 0.6) is 0 Å². The van der Waals surface area contributed by atoms with E-state index in [2.05, 4.69) is 44.2 Å². The maximum atomic E-state index is 2.37. The minimum absolute atomic E-state index is 0.575. The molecule has 1 aromatic rings. The van der Waals surface area contributed by atoms with Crippen molar-refractivity contribution in [3.05, 3.63) is 47.0 Å². The molecule has 13 heavy (non-hydrogen) atoms. The summed E-state index contributed by atoms with van der Waals surface area (Å²) < 4.78 is 0. The Morgan fingerprint density at radius 1 is 0.923 bits per heavy atom. The van der Waals surface area contributed by atoms with Crippen LogP contribution in [0.15, 0.2) is 30.4 Å². The molecule has 0 nitrogen and oxygen atoms in total. The molecule has 0 amide bonds. The van der Waals surface area contributed by atoms with E-state index in [9.17, 15) is 0 Å². The second kappa shape index (κ2) is 2.14. The van der Waals surface area contributed by atoms with Gasteiger partial charge in [0.15, 0.2) is 0 Å². The second-order valence-corrected chi connectivity index (χ2v) is 3.99. The summed E-state index contributed by atoms with van der Waals surface area (Å²) in [6, 6.07) is 6.63. The first-order chi connectivity index (χ1) is 6.27. The zero-order valence-corrected chi connectivity index (χ0v) is 7.96. The molecule has 0 spiro atoms. The van der Waals surface area contributed by atoms with Gasteiger partial charge in [0.1, 0.15) is 0 Å². The summed E-state index contributed by atoms with van der Waals surface area (Å²) in [5.41, 5.74) is 7.32. The fourth-order valence-corrected chi connectivity index (χ4v) is 2.55. The highest BCUT2D eigenvalue weighted by Gasteiger charge is 2.27. The molecule has 0 saturated heterocycles. The maximum Gasteiger partial charge on any atom is 0.0222 e. The standard InChI is InChI=1S/C13H12/c1-8-6-10-7-9(2)12-5-3-4-11(8)13(10)12/h3-7,10H,1-2H3. The van der Waals surface area contributed by atoms with Crippen LogP contribution in [0.2, 0.25) is 0 Å². The van der Waals surface area contributed by atoms with Gasteiger partial charge < -0.3 is 0 Å². The van der Waals surface area contributed by atoms with E-state index in [1.807, 2.05) is 0 Å². The molecule has 0 saturated carbocycles. The van der Waals surface area contributed by atoms with E-state index in [1.165, 1.54) is 27.8 Å². The topological polar surface area (TPSA) is 0 Å². The van der Waals surface area contributed by atoms with Crippen LogP contribution >= 0.6 is 0 Å². The average Bonchev–Trinajstić information content (AvgIpc) is 2.59. The van der Waals surface area contributed by atoms with Crippen LogP contribution in [-0.2, 0) is 0 Å². The Morgan fingerprint density at radius 2 is 1.46 bits per heavy atom. The molecule has 2 aliphatic rings. The minimum atomic E-state index is 0.575. The summed E-state index contributed by atoms with van der Waals surface area (Å²) in [6.07, 6.45) is 4.73. The van der Waals surface area contributed by atoms with Gasteiger partial charge in [0.2, 0.25) is 0 Å². The molecule has 0 atom stereocenters. The number of hydrogen-bond acceptors (Lipinski definition) is 0. The number of hydrogen-bond donors (Lipinski definition) is 0. The lowest BCUT2D eigenvalue weighted by Crippen LogP contribution is -1.87. The summed E-state index contributed by atoms with van der Waals surface area (Å²) in [4.78, 5) is 0. The van der Waals surface area contributed by atoms with Crippen molar-refractivity contribution in [2.75, 3.05) is 0 Å². The van der Waals surface area contributed by atoms with E-state index >= 15 is 0 Å². The molecule has 2 aliphatic carbocycles. The van der Waals surface area contributed by atoms with Crippen molar-refractivity contribution in [3.8, 4) is 0 Å². The number of allylic oxidation sites excluding steroid dienone is 4. The lowest BCUT2D eigenvalue weighted by molar-refractivity contribution is 1.14. The molecule has 0 heteroatoms. The van der Waals surface area contributed by atoms with Crippen LogP contribution < -0.4 is 0 Å². The summed E-state index contributed by atoms with van der Waals surface area (Å²) in [5.74, 6) is 0.575. The van der Waals surface area contributed by atoms with Crippen LogP contribution in [0.25, 0.3) is 11.1 Å². The molecule has 64 valence electrons. The quantitative estimate of drug-likeness (QED) is 0.555. The fourth-order valence-electron chi connectivity index (χ4n) is 2.55. The molecule has 0 radical (unpaired) electrons. The molecule has 3 rings (SSSR count). The summed E-state index contributed by atoms with van der Waals surface area (Å²) in [5, 5.41) is 0. The van der Waals surface area contributed by atoms with E-state index in [1.54, 1.807) is 0 Å². The molecule has 1 aromatic carbocycles. The molecule has 0 fully saturated rings. The Bertz CT molecular complexity index is 409. The van der Waals surface area contributed by atoms with Crippen LogP contribution in [-0.4, -0.2) is 0 Å². The summed E-state index contributed by atoms with van der Waals surface area (Å²) in [7, 11) is 0. The van der Waals surface area contributed by atoms with E-state index in [0.717, 1.165) is 0 Å². The Labute approximate surface area is 78.6 Å². The predicted octanol–water partition coefficient (Wildman–Crippen LogP) is 3.60. The van der Waals surface area contributed by atoms with E-state index in [0.29, 0.717) is 5.92 Å². The van der Waals surface area contributed by atoms with Gasteiger partial charge in [-0.1, -0.05) is 30.4 Å². The van der Waals surface area contributed by atoms with E-state index in [4.69, 9.17) is 0 Å². The fraction of sp³-hybridized carbons (Fsp3) is 0.231. The van der Waals surface area contributed by atoms with Crippen molar-refractivity contribution >= 4 is 11.1 Å². The van der Waals surface area contributed by atoms with Crippen molar-refractivity contribution in [3.63, 3.8) is 0 Å². The van der Waals surface area contributed by atoms with Gasteiger partial charge in [0.25, 0.3) is 0 Å². The van der Waals surface area contributed by atoms with Gasteiger partial charge in [-0.3, -0.25) is 0 Å². The lowest BCUT2D eigenvalue weighted by atomic mass is 9.99. The lowest BCUT2D eigenvalue weighted by Gasteiger charge is -2.05. The zero-order chi connectivity index (χ0) is 9.00. The molecule has 0 aromatic heterocycles. The van der Waals surface area contributed by atoms with Gasteiger partial charge in [-0.25, -0.2) is 0 Å². The molecule has 0 bridgehead atoms. The zero-order valence-electron chi connectivity index (χ0n) is 7.96. The van der Waals surface area contributed by atoms with Gasteiger partial charge >= 0.3 is 0 Å². The van der Waals surface area contributed by atoms with Crippen molar-refractivity contribution < 1.29 is 0 Å². The maximum absolute atomic E-state index is 2.37. The third-order valence-electron chi connectivity index (χ3n) is 3.15. The van der Waals surface area contributed by atoms with Gasteiger partial charge in [0.05, 0.1) is 0 Å². The van der Waals surface area contributed by atoms with E-state index < -0.39 is 0 Å². The molecule has 0 aliphatic heterocycles. The summed E-state index contributed by atoms with van der Waals surface area (Å²) >= 11 is 0. The predicted molar refractivity (Wildman–Crippen MR) is 56.5 cm³/mol. The molecular formula is C13H12. The first kappa shape index (κ1) is 7.14. The average molecular weight is 168 g/mol. The summed E-state index contributed by atoms with van der Waals surface area (Å²) in [6.45, 7) is 4.41. The van der Waals surface area contributed by atoms with Crippen molar-refractivity contribution in [1.29, 1.82) is 0 Å². The van der Waals surface area contributed by atoms with Gasteiger partial charge in [-0.15, -0.1) is 0 Å². The molecular weight excluding hydrogens is 156 g/mol. The first-order valence-electron chi connectivity index (χ1n) is 4.78. The van der Waals surface area contributed by atoms with Crippen LogP contribution in [0, 0.1) is 0 Å². The highest BCUT2D eigenvalue weighted by Crippen LogP contribution is 2.45. The highest BCUT2D eigenvalue weighted by atomic mass is 14.3. The van der Waals surface area contributed by atoms with Crippen LogP contribution in [0.1, 0.15) is 36.5 Å². The highest BCUT2D eigenvalue weighted by molar-refractivity contribution is 5.86. The van der Waals surface area contributed by atoms with Crippen molar-refractivity contribution in [1.82, 2.24) is 0 Å². The second-order valence-electron chi connectivity index (χ2n) is 3.99. The first-order valence-corrected chi connectivity index (χ1v) is 4.78. The minimum Gasteiger partial charge on any atom is -0.0696 e. The van der Waals surface area contributed by atoms with Crippen molar-refractivity contribution in [2.24, 2.45) is 0 Å². The number of benzene rings is 1. The third kappa shape index (κ3) is 0.757.